The van der Waals surface area contributed by atoms with Crippen molar-refractivity contribution in [2.45, 2.75) is 52.0 Å². The molecule has 1 aromatic rings. The zero-order valence-electron chi connectivity index (χ0n) is 12.7. The zero-order valence-corrected chi connectivity index (χ0v) is 12.7. The smallest absolute Gasteiger partial charge is 0.223 e. The molecular formula is C17H26N2O. The fourth-order valence-corrected chi connectivity index (χ4v) is 3.09. The molecular weight excluding hydrogens is 248 g/mol. The molecule has 1 atom stereocenters. The van der Waals surface area contributed by atoms with Crippen LogP contribution in [-0.4, -0.2) is 23.9 Å². The van der Waals surface area contributed by atoms with Crippen molar-refractivity contribution in [2.75, 3.05) is 13.1 Å². The van der Waals surface area contributed by atoms with Crippen LogP contribution in [-0.2, 0) is 4.79 Å². The first-order valence-corrected chi connectivity index (χ1v) is 7.70. The minimum Gasteiger partial charge on any atom is -0.336 e. The molecule has 2 N–H and O–H groups in total. The molecule has 0 bridgehead atoms. The number of piperidine rings is 1. The SMILES string of the molecule is Cc1cccc(C2CCCCN2C(=O)CCCN)c1C. The van der Waals surface area contributed by atoms with E-state index in [0.29, 0.717) is 13.0 Å². The Bertz CT molecular complexity index is 470. The molecule has 1 saturated heterocycles. The summed E-state index contributed by atoms with van der Waals surface area (Å²) in [6.07, 6.45) is 4.78. The van der Waals surface area contributed by atoms with Crippen molar-refractivity contribution in [3.8, 4) is 0 Å². The predicted molar refractivity (Wildman–Crippen MR) is 82.5 cm³/mol. The molecule has 0 spiro atoms. The highest BCUT2D eigenvalue weighted by atomic mass is 16.2. The molecule has 1 heterocycles. The lowest BCUT2D eigenvalue weighted by Crippen LogP contribution is -2.38. The Hall–Kier alpha value is -1.35. The summed E-state index contributed by atoms with van der Waals surface area (Å²) in [5, 5.41) is 0. The highest BCUT2D eigenvalue weighted by Gasteiger charge is 2.28. The molecule has 3 nitrogen and oxygen atoms in total. The third kappa shape index (κ3) is 3.21. The summed E-state index contributed by atoms with van der Waals surface area (Å²) < 4.78 is 0. The zero-order chi connectivity index (χ0) is 14.5. The van der Waals surface area contributed by atoms with E-state index in [-0.39, 0.29) is 11.9 Å². The monoisotopic (exact) mass is 274 g/mol. The van der Waals surface area contributed by atoms with Crippen LogP contribution in [0.25, 0.3) is 0 Å². The quantitative estimate of drug-likeness (QED) is 0.917. The summed E-state index contributed by atoms with van der Waals surface area (Å²) >= 11 is 0. The topological polar surface area (TPSA) is 46.3 Å². The number of hydrogen-bond donors (Lipinski definition) is 1. The largest absolute Gasteiger partial charge is 0.336 e. The Morgan fingerprint density at radius 1 is 1.35 bits per heavy atom. The number of amides is 1. The number of aryl methyl sites for hydroxylation is 1. The highest BCUT2D eigenvalue weighted by Crippen LogP contribution is 2.34. The van der Waals surface area contributed by atoms with Crippen LogP contribution in [0.5, 0.6) is 0 Å². The molecule has 110 valence electrons. The summed E-state index contributed by atoms with van der Waals surface area (Å²) in [6.45, 7) is 5.79. The van der Waals surface area contributed by atoms with Crippen molar-refractivity contribution in [1.29, 1.82) is 0 Å². The molecule has 1 amide bonds. The lowest BCUT2D eigenvalue weighted by molar-refractivity contribution is -0.135. The van der Waals surface area contributed by atoms with Gasteiger partial charge in [0, 0.05) is 13.0 Å². The van der Waals surface area contributed by atoms with E-state index in [4.69, 9.17) is 5.73 Å². The molecule has 0 aliphatic carbocycles. The maximum atomic E-state index is 12.4. The third-order valence-corrected chi connectivity index (χ3v) is 4.42. The molecule has 1 aromatic carbocycles. The van der Waals surface area contributed by atoms with Gasteiger partial charge in [0.15, 0.2) is 0 Å². The van der Waals surface area contributed by atoms with E-state index in [1.807, 2.05) is 0 Å². The first kappa shape index (κ1) is 15.0. The summed E-state index contributed by atoms with van der Waals surface area (Å²) in [5.74, 6) is 0.265. The normalized spacial score (nSPS) is 19.1. The van der Waals surface area contributed by atoms with Crippen LogP contribution >= 0.6 is 0 Å². The fourth-order valence-electron chi connectivity index (χ4n) is 3.09. The molecule has 3 heteroatoms. The van der Waals surface area contributed by atoms with E-state index in [0.717, 1.165) is 25.8 Å². The van der Waals surface area contributed by atoms with Gasteiger partial charge in [-0.15, -0.1) is 0 Å². The minimum atomic E-state index is 0.258. The molecule has 20 heavy (non-hydrogen) atoms. The Morgan fingerprint density at radius 2 is 2.15 bits per heavy atom. The minimum absolute atomic E-state index is 0.258. The second-order valence-corrected chi connectivity index (χ2v) is 5.78. The number of rotatable bonds is 4. The van der Waals surface area contributed by atoms with Crippen molar-refractivity contribution in [1.82, 2.24) is 4.90 Å². The molecule has 2 rings (SSSR count). The summed E-state index contributed by atoms with van der Waals surface area (Å²) in [7, 11) is 0. The van der Waals surface area contributed by atoms with Gasteiger partial charge in [-0.25, -0.2) is 0 Å². The van der Waals surface area contributed by atoms with Crippen molar-refractivity contribution in [3.63, 3.8) is 0 Å². The van der Waals surface area contributed by atoms with Crippen LogP contribution in [0.1, 0.15) is 54.8 Å². The van der Waals surface area contributed by atoms with E-state index in [9.17, 15) is 4.79 Å². The molecule has 1 unspecified atom stereocenters. The molecule has 1 aliphatic rings. The van der Waals surface area contributed by atoms with Gasteiger partial charge in [-0.3, -0.25) is 4.79 Å². The van der Waals surface area contributed by atoms with Crippen molar-refractivity contribution in [2.24, 2.45) is 5.73 Å². The lowest BCUT2D eigenvalue weighted by Gasteiger charge is -2.37. The summed E-state index contributed by atoms with van der Waals surface area (Å²) in [5.41, 5.74) is 9.49. The second kappa shape index (κ2) is 6.89. The number of carbonyl (C=O) groups is 1. The number of nitrogens with zero attached hydrogens (tertiary/aromatic N) is 1. The van der Waals surface area contributed by atoms with Gasteiger partial charge in [-0.1, -0.05) is 18.2 Å². The Balaban J connectivity index is 2.22. The van der Waals surface area contributed by atoms with Crippen molar-refractivity contribution < 1.29 is 4.79 Å². The van der Waals surface area contributed by atoms with Crippen molar-refractivity contribution >= 4 is 5.91 Å². The van der Waals surface area contributed by atoms with Crippen LogP contribution in [0.2, 0.25) is 0 Å². The number of benzene rings is 1. The summed E-state index contributed by atoms with van der Waals surface area (Å²) in [4.78, 5) is 14.5. The number of likely N-dealkylation sites (tertiary alicyclic amines) is 1. The van der Waals surface area contributed by atoms with Gasteiger partial charge in [-0.2, -0.15) is 0 Å². The number of hydrogen-bond acceptors (Lipinski definition) is 2. The van der Waals surface area contributed by atoms with Crippen LogP contribution in [0.15, 0.2) is 18.2 Å². The van der Waals surface area contributed by atoms with Crippen LogP contribution in [0, 0.1) is 13.8 Å². The van der Waals surface area contributed by atoms with Gasteiger partial charge in [-0.05, 0) is 62.8 Å². The Labute approximate surface area is 122 Å². The molecule has 0 aromatic heterocycles. The second-order valence-electron chi connectivity index (χ2n) is 5.78. The maximum Gasteiger partial charge on any atom is 0.223 e. The summed E-state index contributed by atoms with van der Waals surface area (Å²) in [6, 6.07) is 6.69. The van der Waals surface area contributed by atoms with Crippen LogP contribution < -0.4 is 5.73 Å². The van der Waals surface area contributed by atoms with E-state index >= 15 is 0 Å². The van der Waals surface area contributed by atoms with Crippen LogP contribution in [0.4, 0.5) is 0 Å². The van der Waals surface area contributed by atoms with E-state index in [2.05, 4.69) is 36.9 Å². The number of nitrogens with two attached hydrogens (primary N) is 1. The lowest BCUT2D eigenvalue weighted by atomic mass is 9.90. The van der Waals surface area contributed by atoms with Gasteiger partial charge in [0.05, 0.1) is 6.04 Å². The van der Waals surface area contributed by atoms with Gasteiger partial charge in [0.25, 0.3) is 0 Å². The first-order valence-electron chi connectivity index (χ1n) is 7.70. The van der Waals surface area contributed by atoms with E-state index < -0.39 is 0 Å². The van der Waals surface area contributed by atoms with E-state index in [1.165, 1.54) is 23.1 Å². The first-order chi connectivity index (χ1) is 9.65. The Kier molecular flexibility index (Phi) is 5.18. The molecule has 1 aliphatic heterocycles. The van der Waals surface area contributed by atoms with Crippen molar-refractivity contribution in [3.05, 3.63) is 34.9 Å². The highest BCUT2D eigenvalue weighted by molar-refractivity contribution is 5.77. The van der Waals surface area contributed by atoms with E-state index in [1.54, 1.807) is 0 Å². The third-order valence-electron chi connectivity index (χ3n) is 4.42. The maximum absolute atomic E-state index is 12.4. The van der Waals surface area contributed by atoms with Gasteiger partial charge in [0.1, 0.15) is 0 Å². The fraction of sp³-hybridized carbons (Fsp3) is 0.588. The molecule has 1 fully saturated rings. The molecule has 0 radical (unpaired) electrons. The van der Waals surface area contributed by atoms with Gasteiger partial charge in [0.2, 0.25) is 5.91 Å². The standard InChI is InChI=1S/C17H26N2O/c1-13-7-5-8-15(14(13)2)16-9-3-4-12-19(16)17(20)10-6-11-18/h5,7-8,16H,3-4,6,9-12,18H2,1-2H3. The van der Waals surface area contributed by atoms with Gasteiger partial charge >= 0.3 is 0 Å². The number of carbonyl (C=O) groups excluding carboxylic acids is 1. The average molecular weight is 274 g/mol. The Morgan fingerprint density at radius 3 is 2.90 bits per heavy atom. The van der Waals surface area contributed by atoms with Gasteiger partial charge < -0.3 is 10.6 Å². The average Bonchev–Trinajstić information content (AvgIpc) is 2.47. The molecule has 0 saturated carbocycles. The van der Waals surface area contributed by atoms with Crippen LogP contribution in [0.3, 0.4) is 0 Å². The predicted octanol–water partition coefficient (Wildman–Crippen LogP) is 3.10.